The number of aliphatic hydroxyl groups excluding tert-OH is 1. The van der Waals surface area contributed by atoms with Crippen LogP contribution in [0.15, 0.2) is 24.4 Å². The number of nitrogens with zero attached hydrogens (tertiary/aromatic N) is 3. The van der Waals surface area contributed by atoms with Gasteiger partial charge in [-0.3, -0.25) is 0 Å². The molecular weight excluding hydrogens is 264 g/mol. The van der Waals surface area contributed by atoms with Gasteiger partial charge in [-0.2, -0.15) is 0 Å². The van der Waals surface area contributed by atoms with Gasteiger partial charge in [-0.25, -0.2) is 4.98 Å². The molecule has 0 bridgehead atoms. The van der Waals surface area contributed by atoms with Gasteiger partial charge < -0.3 is 19.7 Å². The molecular formula is C16H24N4O. The van der Waals surface area contributed by atoms with E-state index in [9.17, 15) is 5.11 Å². The summed E-state index contributed by atoms with van der Waals surface area (Å²) in [6.45, 7) is 1.91. The van der Waals surface area contributed by atoms with Gasteiger partial charge in [0.05, 0.1) is 5.69 Å². The number of fused-ring (bicyclic) bond motifs is 1. The van der Waals surface area contributed by atoms with Gasteiger partial charge in [0.15, 0.2) is 5.82 Å². The number of hydrogen-bond acceptors (Lipinski definition) is 4. The van der Waals surface area contributed by atoms with Crippen LogP contribution >= 0.6 is 0 Å². The molecule has 5 heteroatoms. The van der Waals surface area contributed by atoms with Gasteiger partial charge in [-0.15, -0.1) is 0 Å². The van der Waals surface area contributed by atoms with E-state index >= 15 is 0 Å². The van der Waals surface area contributed by atoms with Crippen LogP contribution in [0.2, 0.25) is 0 Å². The molecule has 0 radical (unpaired) electrons. The Morgan fingerprint density at radius 1 is 1.43 bits per heavy atom. The van der Waals surface area contributed by atoms with Crippen molar-refractivity contribution in [2.24, 2.45) is 0 Å². The van der Waals surface area contributed by atoms with Crippen molar-refractivity contribution in [3.8, 4) is 0 Å². The predicted molar refractivity (Wildman–Crippen MR) is 84.6 cm³/mol. The standard InChI is InChI=1S/C16H24N4O/c1-17-12-14-16(18-15-8-2-3-9-20(14)15)19(10-5-11-21)13-6-4-7-13/h2-3,8-9,13,17,21H,4-7,10-12H2,1H3. The van der Waals surface area contributed by atoms with E-state index in [0.717, 1.165) is 31.0 Å². The summed E-state index contributed by atoms with van der Waals surface area (Å²) in [6, 6.07) is 6.70. The second-order valence-electron chi connectivity index (χ2n) is 5.70. The fourth-order valence-corrected chi connectivity index (χ4v) is 3.00. The minimum absolute atomic E-state index is 0.234. The maximum Gasteiger partial charge on any atom is 0.152 e. The number of pyridine rings is 1. The Hall–Kier alpha value is -1.59. The molecule has 114 valence electrons. The van der Waals surface area contributed by atoms with Gasteiger partial charge in [0.25, 0.3) is 0 Å². The van der Waals surface area contributed by atoms with Crippen LogP contribution in [0.5, 0.6) is 0 Å². The normalized spacial score (nSPS) is 15.3. The summed E-state index contributed by atoms with van der Waals surface area (Å²) in [4.78, 5) is 7.26. The highest BCUT2D eigenvalue weighted by Crippen LogP contribution is 2.31. The SMILES string of the molecule is CNCc1c(N(CCCO)C2CCC2)nc2ccccn12. The maximum atomic E-state index is 9.18. The molecule has 0 atom stereocenters. The molecule has 3 rings (SSSR count). The summed E-state index contributed by atoms with van der Waals surface area (Å²) in [5.74, 6) is 1.08. The zero-order valence-corrected chi connectivity index (χ0v) is 12.6. The number of anilines is 1. The molecule has 1 aliphatic carbocycles. The summed E-state index contributed by atoms with van der Waals surface area (Å²) < 4.78 is 2.16. The number of rotatable bonds is 7. The number of aromatic nitrogens is 2. The van der Waals surface area contributed by atoms with Crippen molar-refractivity contribution < 1.29 is 5.11 Å². The highest BCUT2D eigenvalue weighted by Gasteiger charge is 2.28. The lowest BCUT2D eigenvalue weighted by atomic mass is 9.91. The molecule has 2 heterocycles. The number of nitrogens with one attached hydrogen (secondary N) is 1. The molecule has 0 aromatic carbocycles. The van der Waals surface area contributed by atoms with E-state index in [0.29, 0.717) is 6.04 Å². The Morgan fingerprint density at radius 2 is 2.29 bits per heavy atom. The van der Waals surface area contributed by atoms with Crippen molar-refractivity contribution in [2.45, 2.75) is 38.3 Å². The van der Waals surface area contributed by atoms with Crippen molar-refractivity contribution in [1.29, 1.82) is 0 Å². The summed E-state index contributed by atoms with van der Waals surface area (Å²) in [7, 11) is 1.97. The lowest BCUT2D eigenvalue weighted by molar-refractivity contribution is 0.282. The third kappa shape index (κ3) is 2.76. The first-order chi connectivity index (χ1) is 10.3. The zero-order valence-electron chi connectivity index (χ0n) is 12.6. The third-order valence-electron chi connectivity index (χ3n) is 4.30. The monoisotopic (exact) mass is 288 g/mol. The Balaban J connectivity index is 2.00. The first-order valence-electron chi connectivity index (χ1n) is 7.83. The van der Waals surface area contributed by atoms with Crippen LogP contribution in [0.3, 0.4) is 0 Å². The number of hydrogen-bond donors (Lipinski definition) is 2. The molecule has 0 spiro atoms. The van der Waals surface area contributed by atoms with Crippen LogP contribution in [0.1, 0.15) is 31.4 Å². The molecule has 0 saturated heterocycles. The first kappa shape index (κ1) is 14.4. The van der Waals surface area contributed by atoms with E-state index in [2.05, 4.69) is 20.8 Å². The smallest absolute Gasteiger partial charge is 0.152 e. The highest BCUT2D eigenvalue weighted by molar-refractivity contribution is 5.56. The zero-order chi connectivity index (χ0) is 14.7. The van der Waals surface area contributed by atoms with Crippen LogP contribution in [0, 0.1) is 0 Å². The van der Waals surface area contributed by atoms with E-state index in [1.807, 2.05) is 25.2 Å². The van der Waals surface area contributed by atoms with E-state index in [4.69, 9.17) is 4.98 Å². The van der Waals surface area contributed by atoms with Crippen molar-refractivity contribution >= 4 is 11.5 Å². The molecule has 0 unspecified atom stereocenters. The van der Waals surface area contributed by atoms with E-state index < -0.39 is 0 Å². The van der Waals surface area contributed by atoms with Crippen LogP contribution < -0.4 is 10.2 Å². The Kier molecular flexibility index (Phi) is 4.41. The molecule has 1 aliphatic rings. The molecule has 21 heavy (non-hydrogen) atoms. The molecule has 0 amide bonds. The Labute approximate surface area is 125 Å². The van der Waals surface area contributed by atoms with Crippen LogP contribution in [0.4, 0.5) is 5.82 Å². The van der Waals surface area contributed by atoms with Crippen molar-refractivity contribution in [1.82, 2.24) is 14.7 Å². The molecule has 2 N–H and O–H groups in total. The maximum absolute atomic E-state index is 9.18. The average molecular weight is 288 g/mol. The summed E-state index contributed by atoms with van der Waals surface area (Å²) >= 11 is 0. The van der Waals surface area contributed by atoms with Gasteiger partial charge in [-0.05, 0) is 44.9 Å². The van der Waals surface area contributed by atoms with Crippen molar-refractivity contribution in [3.05, 3.63) is 30.1 Å². The third-order valence-corrected chi connectivity index (χ3v) is 4.30. The second kappa shape index (κ2) is 6.45. The van der Waals surface area contributed by atoms with E-state index in [1.165, 1.54) is 25.0 Å². The number of imidazole rings is 1. The Morgan fingerprint density at radius 3 is 2.95 bits per heavy atom. The van der Waals surface area contributed by atoms with E-state index in [-0.39, 0.29) is 6.61 Å². The van der Waals surface area contributed by atoms with Gasteiger partial charge in [0.2, 0.25) is 0 Å². The highest BCUT2D eigenvalue weighted by atomic mass is 16.3. The first-order valence-corrected chi connectivity index (χ1v) is 7.83. The quantitative estimate of drug-likeness (QED) is 0.815. The minimum atomic E-state index is 0.234. The van der Waals surface area contributed by atoms with Gasteiger partial charge in [0.1, 0.15) is 5.65 Å². The molecule has 5 nitrogen and oxygen atoms in total. The van der Waals surface area contributed by atoms with Crippen molar-refractivity contribution in [2.75, 3.05) is 25.1 Å². The fourth-order valence-electron chi connectivity index (χ4n) is 3.00. The van der Waals surface area contributed by atoms with Crippen LogP contribution in [-0.4, -0.2) is 40.7 Å². The lowest BCUT2D eigenvalue weighted by Gasteiger charge is -2.38. The fraction of sp³-hybridized carbons (Fsp3) is 0.562. The van der Waals surface area contributed by atoms with Crippen molar-refractivity contribution in [3.63, 3.8) is 0 Å². The minimum Gasteiger partial charge on any atom is -0.396 e. The van der Waals surface area contributed by atoms with E-state index in [1.54, 1.807) is 0 Å². The molecule has 2 aromatic heterocycles. The largest absolute Gasteiger partial charge is 0.396 e. The van der Waals surface area contributed by atoms with Gasteiger partial charge >= 0.3 is 0 Å². The second-order valence-corrected chi connectivity index (χ2v) is 5.70. The van der Waals surface area contributed by atoms with Crippen LogP contribution in [-0.2, 0) is 6.54 Å². The molecule has 2 aromatic rings. The van der Waals surface area contributed by atoms with Gasteiger partial charge in [0, 0.05) is 31.9 Å². The van der Waals surface area contributed by atoms with Crippen LogP contribution in [0.25, 0.3) is 5.65 Å². The molecule has 1 fully saturated rings. The van der Waals surface area contributed by atoms with Gasteiger partial charge in [-0.1, -0.05) is 6.07 Å². The average Bonchev–Trinajstić information content (AvgIpc) is 2.81. The summed E-state index contributed by atoms with van der Waals surface area (Å²) in [6.07, 6.45) is 6.64. The number of aliphatic hydroxyl groups is 1. The summed E-state index contributed by atoms with van der Waals surface area (Å²) in [5, 5.41) is 12.4. The molecule has 1 saturated carbocycles. The molecule has 0 aliphatic heterocycles. The summed E-state index contributed by atoms with van der Waals surface area (Å²) in [5.41, 5.74) is 2.20. The lowest BCUT2D eigenvalue weighted by Crippen LogP contribution is -2.42. The topological polar surface area (TPSA) is 52.8 Å². The predicted octanol–water partition coefficient (Wildman–Crippen LogP) is 1.79. The Bertz CT molecular complexity index is 591.